The van der Waals surface area contributed by atoms with Crippen LogP contribution in [0.4, 0.5) is 8.78 Å². The number of benzene rings is 2. The molecule has 0 aliphatic heterocycles. The quantitative estimate of drug-likeness (QED) is 0.606. The number of carbonyl (C=O) groups excluding carboxylic acids is 1. The first kappa shape index (κ1) is 16.4. The molecule has 0 aliphatic carbocycles. The summed E-state index contributed by atoms with van der Waals surface area (Å²) in [5.74, 6) is -1.52. The Bertz CT molecular complexity index is 693. The molecule has 2 rings (SSSR count). The second-order valence-corrected chi connectivity index (χ2v) is 6.62. The van der Waals surface area contributed by atoms with Crippen LogP contribution in [0.15, 0.2) is 40.9 Å². The third-order valence-electron chi connectivity index (χ3n) is 2.93. The van der Waals surface area contributed by atoms with Crippen molar-refractivity contribution in [2.24, 2.45) is 0 Å². The topological polar surface area (TPSA) is 20.3 Å². The van der Waals surface area contributed by atoms with Crippen LogP contribution in [0.5, 0.6) is 0 Å². The van der Waals surface area contributed by atoms with Crippen LogP contribution in [0.25, 0.3) is 0 Å². The summed E-state index contributed by atoms with van der Waals surface area (Å²) >= 11 is 5.45. The van der Waals surface area contributed by atoms with Gasteiger partial charge in [-0.1, -0.05) is 6.07 Å². The van der Waals surface area contributed by atoms with Crippen molar-refractivity contribution in [3.63, 3.8) is 0 Å². The van der Waals surface area contributed by atoms with Gasteiger partial charge in [0.2, 0.25) is 0 Å². The van der Waals surface area contributed by atoms with Crippen LogP contribution in [-0.2, 0) is 6.54 Å². The molecule has 21 heavy (non-hydrogen) atoms. The molecule has 2 aromatic carbocycles. The number of carbonyl (C=O) groups is 1. The molecule has 0 N–H and O–H groups in total. The van der Waals surface area contributed by atoms with Gasteiger partial charge in [-0.3, -0.25) is 4.79 Å². The Hall–Kier alpha value is -1.02. The monoisotopic (exact) mass is 465 g/mol. The van der Waals surface area contributed by atoms with E-state index in [1.54, 1.807) is 19.2 Å². The van der Waals surface area contributed by atoms with Gasteiger partial charge in [0, 0.05) is 33.3 Å². The van der Waals surface area contributed by atoms with Gasteiger partial charge >= 0.3 is 0 Å². The van der Waals surface area contributed by atoms with E-state index >= 15 is 0 Å². The van der Waals surface area contributed by atoms with Crippen LogP contribution >= 0.6 is 38.5 Å². The van der Waals surface area contributed by atoms with Gasteiger partial charge in [-0.2, -0.15) is 0 Å². The molecule has 0 bridgehead atoms. The minimum Gasteiger partial charge on any atom is -0.337 e. The summed E-state index contributed by atoms with van der Waals surface area (Å²) in [5.41, 5.74) is 0.779. The lowest BCUT2D eigenvalue weighted by molar-refractivity contribution is 0.0783. The maximum atomic E-state index is 13.6. The van der Waals surface area contributed by atoms with E-state index in [0.717, 1.165) is 9.64 Å². The zero-order valence-corrected chi connectivity index (χ0v) is 14.8. The largest absolute Gasteiger partial charge is 0.337 e. The van der Waals surface area contributed by atoms with Gasteiger partial charge in [0.1, 0.15) is 11.6 Å². The molecule has 6 heteroatoms. The molecule has 0 aliphatic rings. The summed E-state index contributed by atoms with van der Waals surface area (Å²) in [4.78, 5) is 13.8. The molecule has 0 spiro atoms. The van der Waals surface area contributed by atoms with Crippen molar-refractivity contribution < 1.29 is 13.6 Å². The molecule has 0 saturated heterocycles. The normalized spacial score (nSPS) is 10.5. The summed E-state index contributed by atoms with van der Waals surface area (Å²) < 4.78 is 28.1. The lowest BCUT2D eigenvalue weighted by Crippen LogP contribution is -2.27. The summed E-state index contributed by atoms with van der Waals surface area (Å²) in [6.45, 7) is 0.0723. The van der Waals surface area contributed by atoms with Crippen molar-refractivity contribution >= 4 is 44.4 Å². The minimum atomic E-state index is -0.656. The van der Waals surface area contributed by atoms with Crippen molar-refractivity contribution in [1.82, 2.24) is 4.90 Å². The average molecular weight is 466 g/mol. The van der Waals surface area contributed by atoms with Crippen molar-refractivity contribution in [2.45, 2.75) is 6.54 Å². The van der Waals surface area contributed by atoms with Gasteiger partial charge in [0.25, 0.3) is 5.91 Å². The molecule has 0 fully saturated rings. The second-order valence-electron chi connectivity index (χ2n) is 4.52. The van der Waals surface area contributed by atoms with E-state index in [4.69, 9.17) is 0 Å². The number of hydrogen-bond donors (Lipinski definition) is 0. The summed E-state index contributed by atoms with van der Waals surface area (Å²) in [6, 6.07) is 8.76. The fourth-order valence-electron chi connectivity index (χ4n) is 1.84. The fraction of sp³-hybridized carbons (Fsp3) is 0.133. The number of amides is 1. The van der Waals surface area contributed by atoms with Crippen molar-refractivity contribution in [3.05, 3.63) is 67.2 Å². The predicted octanol–water partition coefficient (Wildman–Crippen LogP) is 4.60. The molecule has 0 radical (unpaired) electrons. The van der Waals surface area contributed by atoms with Crippen LogP contribution in [0, 0.1) is 15.2 Å². The molecule has 110 valence electrons. The van der Waals surface area contributed by atoms with Gasteiger partial charge < -0.3 is 4.90 Å². The average Bonchev–Trinajstić information content (AvgIpc) is 2.43. The van der Waals surface area contributed by atoms with Crippen LogP contribution in [0.1, 0.15) is 15.9 Å². The third kappa shape index (κ3) is 4.00. The Balaban J connectivity index is 2.21. The highest BCUT2D eigenvalue weighted by molar-refractivity contribution is 14.1. The molecular weight excluding hydrogens is 455 g/mol. The highest BCUT2D eigenvalue weighted by Crippen LogP contribution is 2.22. The Kier molecular flexibility index (Phi) is 5.32. The van der Waals surface area contributed by atoms with E-state index in [-0.39, 0.29) is 18.0 Å². The zero-order valence-electron chi connectivity index (χ0n) is 11.0. The van der Waals surface area contributed by atoms with E-state index < -0.39 is 11.6 Å². The predicted molar refractivity (Wildman–Crippen MR) is 89.0 cm³/mol. The van der Waals surface area contributed by atoms with Gasteiger partial charge in [0.05, 0.1) is 5.56 Å². The van der Waals surface area contributed by atoms with E-state index in [2.05, 4.69) is 38.5 Å². The molecule has 2 nitrogen and oxygen atoms in total. The SMILES string of the molecule is CN(Cc1ccc(F)cc1F)C(=O)c1cc(I)ccc1Br. The summed E-state index contributed by atoms with van der Waals surface area (Å²) in [5, 5.41) is 0. The minimum absolute atomic E-state index is 0.0723. The van der Waals surface area contributed by atoms with Crippen LogP contribution in [0.2, 0.25) is 0 Å². The zero-order chi connectivity index (χ0) is 15.6. The standard InChI is InChI=1S/C15H11BrF2INO/c1-20(8-9-2-3-10(17)6-14(9)18)15(21)12-7-11(19)4-5-13(12)16/h2-7H,8H2,1H3. The lowest BCUT2D eigenvalue weighted by atomic mass is 10.1. The van der Waals surface area contributed by atoms with Gasteiger partial charge in [0.15, 0.2) is 0 Å². The van der Waals surface area contributed by atoms with E-state index in [1.165, 1.54) is 17.0 Å². The number of rotatable bonds is 3. The molecule has 0 aromatic heterocycles. The van der Waals surface area contributed by atoms with Crippen LogP contribution in [0.3, 0.4) is 0 Å². The van der Waals surface area contributed by atoms with Crippen molar-refractivity contribution in [3.8, 4) is 0 Å². The maximum Gasteiger partial charge on any atom is 0.255 e. The number of nitrogens with zero attached hydrogens (tertiary/aromatic N) is 1. The van der Waals surface area contributed by atoms with E-state index in [1.807, 2.05) is 6.07 Å². The molecule has 0 unspecified atom stereocenters. The Morgan fingerprint density at radius 2 is 1.95 bits per heavy atom. The molecule has 0 atom stereocenters. The summed E-state index contributed by atoms with van der Waals surface area (Å²) in [6.07, 6.45) is 0. The van der Waals surface area contributed by atoms with Crippen molar-refractivity contribution in [2.75, 3.05) is 7.05 Å². The fourth-order valence-corrected chi connectivity index (χ4v) is 2.75. The van der Waals surface area contributed by atoms with Gasteiger partial charge in [-0.05, 0) is 62.8 Å². The van der Waals surface area contributed by atoms with Crippen LogP contribution in [-0.4, -0.2) is 17.9 Å². The first-order valence-electron chi connectivity index (χ1n) is 6.03. The van der Waals surface area contributed by atoms with E-state index in [0.29, 0.717) is 10.0 Å². The van der Waals surface area contributed by atoms with Gasteiger partial charge in [-0.25, -0.2) is 8.78 Å². The first-order valence-corrected chi connectivity index (χ1v) is 7.90. The maximum absolute atomic E-state index is 13.6. The Morgan fingerprint density at radius 1 is 1.24 bits per heavy atom. The molecule has 1 amide bonds. The van der Waals surface area contributed by atoms with Gasteiger partial charge in [-0.15, -0.1) is 0 Å². The molecular formula is C15H11BrF2INO. The van der Waals surface area contributed by atoms with Crippen molar-refractivity contribution in [1.29, 1.82) is 0 Å². The Labute approximate surface area is 143 Å². The molecule has 0 heterocycles. The summed E-state index contributed by atoms with van der Waals surface area (Å²) in [7, 11) is 1.58. The smallest absolute Gasteiger partial charge is 0.255 e. The number of hydrogen-bond acceptors (Lipinski definition) is 1. The van der Waals surface area contributed by atoms with E-state index in [9.17, 15) is 13.6 Å². The second kappa shape index (κ2) is 6.83. The Morgan fingerprint density at radius 3 is 2.62 bits per heavy atom. The van der Waals surface area contributed by atoms with Crippen LogP contribution < -0.4 is 0 Å². The third-order valence-corrected chi connectivity index (χ3v) is 4.29. The highest BCUT2D eigenvalue weighted by Gasteiger charge is 2.17. The first-order chi connectivity index (χ1) is 9.88. The number of halogens is 4. The lowest BCUT2D eigenvalue weighted by Gasteiger charge is -2.18. The highest BCUT2D eigenvalue weighted by atomic mass is 127. The molecule has 2 aromatic rings. The molecule has 0 saturated carbocycles.